The summed E-state index contributed by atoms with van der Waals surface area (Å²) < 4.78 is 0. The summed E-state index contributed by atoms with van der Waals surface area (Å²) in [6.07, 6.45) is 8.71. The molecule has 0 aromatic rings. The fourth-order valence-electron chi connectivity index (χ4n) is 4.05. The van der Waals surface area contributed by atoms with Crippen LogP contribution in [0.4, 0.5) is 0 Å². The second-order valence-electron chi connectivity index (χ2n) is 6.89. The molecule has 4 atom stereocenters. The Morgan fingerprint density at radius 1 is 1.17 bits per heavy atom. The van der Waals surface area contributed by atoms with Gasteiger partial charge in [0.2, 0.25) is 0 Å². The Labute approximate surface area is 114 Å². The first-order chi connectivity index (χ1) is 8.69. The normalized spacial score (nSPS) is 38.8. The average Bonchev–Trinajstić information content (AvgIpc) is 2.37. The second kappa shape index (κ2) is 6.91. The number of nitrogens with zero attached hydrogens (tertiary/aromatic N) is 1. The minimum Gasteiger partial charge on any atom is -0.317 e. The summed E-state index contributed by atoms with van der Waals surface area (Å²) in [5, 5.41) is 3.46. The maximum Gasteiger partial charge on any atom is 0.0114 e. The molecule has 0 amide bonds. The molecule has 0 aromatic carbocycles. The van der Waals surface area contributed by atoms with Crippen LogP contribution in [0.15, 0.2) is 0 Å². The molecule has 0 aromatic heterocycles. The third-order valence-electron chi connectivity index (χ3n) is 5.26. The van der Waals surface area contributed by atoms with Gasteiger partial charge in [0.05, 0.1) is 0 Å². The van der Waals surface area contributed by atoms with Crippen LogP contribution in [-0.4, -0.2) is 37.6 Å². The molecule has 1 heterocycles. The van der Waals surface area contributed by atoms with Gasteiger partial charge in [0.25, 0.3) is 0 Å². The van der Waals surface area contributed by atoms with Crippen molar-refractivity contribution in [3.63, 3.8) is 0 Å². The molecule has 4 unspecified atom stereocenters. The van der Waals surface area contributed by atoms with E-state index in [1.807, 2.05) is 0 Å². The van der Waals surface area contributed by atoms with E-state index in [2.05, 4.69) is 31.1 Å². The molecule has 2 aliphatic rings. The van der Waals surface area contributed by atoms with Crippen LogP contribution in [0, 0.1) is 17.8 Å². The van der Waals surface area contributed by atoms with Gasteiger partial charge in [0.1, 0.15) is 0 Å². The van der Waals surface area contributed by atoms with Crippen molar-refractivity contribution in [3.8, 4) is 0 Å². The van der Waals surface area contributed by atoms with Crippen molar-refractivity contribution < 1.29 is 0 Å². The SMILES string of the molecule is CNC1CCN(CCC2CCCC(C)C2)CC1C. The molecule has 2 rings (SSSR count). The zero-order valence-electron chi connectivity index (χ0n) is 12.6. The molecule has 1 aliphatic heterocycles. The van der Waals surface area contributed by atoms with Crippen LogP contribution in [0.1, 0.15) is 52.4 Å². The van der Waals surface area contributed by atoms with Crippen molar-refractivity contribution in [1.29, 1.82) is 0 Å². The summed E-state index contributed by atoms with van der Waals surface area (Å²) in [5.41, 5.74) is 0. The first-order valence-electron chi connectivity index (χ1n) is 8.08. The molecule has 1 saturated heterocycles. The molecule has 18 heavy (non-hydrogen) atoms. The molecule has 0 spiro atoms. The average molecular weight is 252 g/mol. The van der Waals surface area contributed by atoms with Crippen LogP contribution in [-0.2, 0) is 0 Å². The van der Waals surface area contributed by atoms with Crippen molar-refractivity contribution in [2.75, 3.05) is 26.7 Å². The molecule has 2 nitrogen and oxygen atoms in total. The number of hydrogen-bond donors (Lipinski definition) is 1. The summed E-state index contributed by atoms with van der Waals surface area (Å²) in [6, 6.07) is 0.746. The number of nitrogens with one attached hydrogen (secondary N) is 1. The maximum atomic E-state index is 3.46. The molecule has 1 N–H and O–H groups in total. The Bertz CT molecular complexity index is 241. The van der Waals surface area contributed by atoms with Gasteiger partial charge in [-0.2, -0.15) is 0 Å². The Balaban J connectivity index is 1.68. The van der Waals surface area contributed by atoms with Crippen molar-refractivity contribution in [2.24, 2.45) is 17.8 Å². The zero-order chi connectivity index (χ0) is 13.0. The molecule has 0 bridgehead atoms. The first kappa shape index (κ1) is 14.3. The van der Waals surface area contributed by atoms with Crippen LogP contribution >= 0.6 is 0 Å². The highest BCUT2D eigenvalue weighted by molar-refractivity contribution is 4.82. The molecule has 1 saturated carbocycles. The van der Waals surface area contributed by atoms with E-state index < -0.39 is 0 Å². The highest BCUT2D eigenvalue weighted by atomic mass is 15.1. The van der Waals surface area contributed by atoms with E-state index in [-0.39, 0.29) is 0 Å². The predicted molar refractivity (Wildman–Crippen MR) is 78.8 cm³/mol. The lowest BCUT2D eigenvalue weighted by molar-refractivity contribution is 0.135. The van der Waals surface area contributed by atoms with Crippen molar-refractivity contribution >= 4 is 0 Å². The van der Waals surface area contributed by atoms with Gasteiger partial charge in [-0.05, 0) is 57.2 Å². The van der Waals surface area contributed by atoms with Gasteiger partial charge in [0, 0.05) is 12.6 Å². The van der Waals surface area contributed by atoms with Gasteiger partial charge >= 0.3 is 0 Å². The highest BCUT2D eigenvalue weighted by Gasteiger charge is 2.25. The van der Waals surface area contributed by atoms with Gasteiger partial charge in [0.15, 0.2) is 0 Å². The molecule has 2 heteroatoms. The third kappa shape index (κ3) is 3.96. The van der Waals surface area contributed by atoms with E-state index >= 15 is 0 Å². The number of likely N-dealkylation sites (tertiary alicyclic amines) is 1. The lowest BCUT2D eigenvalue weighted by atomic mass is 9.80. The second-order valence-corrected chi connectivity index (χ2v) is 6.89. The zero-order valence-corrected chi connectivity index (χ0v) is 12.6. The van der Waals surface area contributed by atoms with Gasteiger partial charge in [-0.25, -0.2) is 0 Å². The molecule has 0 radical (unpaired) electrons. The quantitative estimate of drug-likeness (QED) is 0.827. The Morgan fingerprint density at radius 3 is 2.67 bits per heavy atom. The van der Waals surface area contributed by atoms with Gasteiger partial charge < -0.3 is 10.2 Å². The first-order valence-corrected chi connectivity index (χ1v) is 8.08. The van der Waals surface area contributed by atoms with Gasteiger partial charge in [-0.3, -0.25) is 0 Å². The number of piperidine rings is 1. The van der Waals surface area contributed by atoms with E-state index in [9.17, 15) is 0 Å². The summed E-state index contributed by atoms with van der Waals surface area (Å²) in [4.78, 5) is 2.71. The van der Waals surface area contributed by atoms with Crippen LogP contribution in [0.25, 0.3) is 0 Å². The Morgan fingerprint density at radius 2 is 2.00 bits per heavy atom. The lowest BCUT2D eigenvalue weighted by Crippen LogP contribution is -2.47. The van der Waals surface area contributed by atoms with Crippen LogP contribution < -0.4 is 5.32 Å². The lowest BCUT2D eigenvalue weighted by Gasteiger charge is -2.38. The molecule has 2 fully saturated rings. The third-order valence-corrected chi connectivity index (χ3v) is 5.26. The smallest absolute Gasteiger partial charge is 0.0114 e. The standard InChI is InChI=1S/C16H32N2/c1-13-5-4-6-15(11-13)7-9-18-10-8-16(17-3)14(2)12-18/h13-17H,4-12H2,1-3H3. The van der Waals surface area contributed by atoms with Crippen LogP contribution in [0.5, 0.6) is 0 Å². The fourth-order valence-corrected chi connectivity index (χ4v) is 4.05. The predicted octanol–water partition coefficient (Wildman–Crippen LogP) is 3.13. The summed E-state index contributed by atoms with van der Waals surface area (Å²) in [5.74, 6) is 2.82. The maximum absolute atomic E-state index is 3.46. The topological polar surface area (TPSA) is 15.3 Å². The van der Waals surface area contributed by atoms with Crippen molar-refractivity contribution in [1.82, 2.24) is 10.2 Å². The summed E-state index contributed by atoms with van der Waals surface area (Å²) >= 11 is 0. The van der Waals surface area contributed by atoms with Crippen LogP contribution in [0.3, 0.4) is 0 Å². The number of rotatable bonds is 4. The summed E-state index contributed by atoms with van der Waals surface area (Å²) in [7, 11) is 2.11. The van der Waals surface area contributed by atoms with Crippen molar-refractivity contribution in [2.45, 2.75) is 58.4 Å². The molecular formula is C16H32N2. The monoisotopic (exact) mass is 252 g/mol. The summed E-state index contributed by atoms with van der Waals surface area (Å²) in [6.45, 7) is 8.78. The largest absolute Gasteiger partial charge is 0.317 e. The minimum absolute atomic E-state index is 0.746. The van der Waals surface area contributed by atoms with Gasteiger partial charge in [-0.15, -0.1) is 0 Å². The molecule has 106 valence electrons. The number of hydrogen-bond acceptors (Lipinski definition) is 2. The Hall–Kier alpha value is -0.0800. The van der Waals surface area contributed by atoms with Crippen molar-refractivity contribution in [3.05, 3.63) is 0 Å². The fraction of sp³-hybridized carbons (Fsp3) is 1.00. The van der Waals surface area contributed by atoms with E-state index in [0.717, 1.165) is 23.8 Å². The van der Waals surface area contributed by atoms with E-state index in [1.54, 1.807) is 0 Å². The van der Waals surface area contributed by atoms with E-state index in [0.29, 0.717) is 0 Å². The Kier molecular flexibility index (Phi) is 5.50. The molecule has 1 aliphatic carbocycles. The molecular weight excluding hydrogens is 220 g/mol. The van der Waals surface area contributed by atoms with E-state index in [1.165, 1.54) is 58.2 Å². The van der Waals surface area contributed by atoms with E-state index in [4.69, 9.17) is 0 Å². The minimum atomic E-state index is 0.746. The van der Waals surface area contributed by atoms with Crippen LogP contribution in [0.2, 0.25) is 0 Å². The highest BCUT2D eigenvalue weighted by Crippen LogP contribution is 2.31. The van der Waals surface area contributed by atoms with Gasteiger partial charge in [-0.1, -0.05) is 33.1 Å².